The topological polar surface area (TPSA) is 83.5 Å². The van der Waals surface area contributed by atoms with E-state index < -0.39 is 11.9 Å². The molecule has 0 spiro atoms. The molecular formula is C16H27F3N6O. The minimum absolute atomic E-state index is 0.0613. The number of nitrogens with one attached hydrogen (secondary N) is 3. The third-order valence-corrected chi connectivity index (χ3v) is 3.27. The van der Waals surface area contributed by atoms with Gasteiger partial charge >= 0.3 is 6.18 Å². The highest BCUT2D eigenvalue weighted by Gasteiger charge is 2.32. The van der Waals surface area contributed by atoms with Crippen molar-refractivity contribution >= 4 is 11.9 Å². The molecule has 1 aromatic heterocycles. The smallest absolute Gasteiger partial charge is 0.381 e. The van der Waals surface area contributed by atoms with E-state index in [0.29, 0.717) is 25.7 Å². The minimum Gasteiger partial charge on any atom is -0.381 e. The first kappa shape index (κ1) is 21.9. The van der Waals surface area contributed by atoms with E-state index in [9.17, 15) is 13.2 Å². The maximum absolute atomic E-state index is 12.6. The van der Waals surface area contributed by atoms with Crippen LogP contribution in [0.4, 0.5) is 19.1 Å². The first-order valence-electron chi connectivity index (χ1n) is 8.63. The average Bonchev–Trinajstić information content (AvgIpc) is 2.62. The minimum atomic E-state index is -4.48. The van der Waals surface area contributed by atoms with Crippen LogP contribution in [-0.2, 0) is 10.9 Å². The molecule has 1 rings (SSSR count). The molecule has 0 aliphatic heterocycles. The quantitative estimate of drug-likeness (QED) is 0.312. The molecule has 0 fully saturated rings. The van der Waals surface area contributed by atoms with E-state index >= 15 is 0 Å². The first-order valence-corrected chi connectivity index (χ1v) is 8.63. The van der Waals surface area contributed by atoms with E-state index in [1.807, 2.05) is 0 Å². The van der Waals surface area contributed by atoms with Gasteiger partial charge in [-0.3, -0.25) is 4.99 Å². The van der Waals surface area contributed by atoms with Gasteiger partial charge in [-0.05, 0) is 18.9 Å². The average molecular weight is 376 g/mol. The summed E-state index contributed by atoms with van der Waals surface area (Å²) in [5, 5.41) is 8.94. The van der Waals surface area contributed by atoms with E-state index in [1.54, 1.807) is 7.05 Å². The van der Waals surface area contributed by atoms with Crippen LogP contribution >= 0.6 is 0 Å². The third-order valence-electron chi connectivity index (χ3n) is 3.27. The number of alkyl halides is 3. The van der Waals surface area contributed by atoms with Gasteiger partial charge < -0.3 is 20.7 Å². The summed E-state index contributed by atoms with van der Waals surface area (Å²) in [6, 6.07) is 0.834. The second-order valence-electron chi connectivity index (χ2n) is 5.44. The molecule has 0 radical (unpaired) electrons. The van der Waals surface area contributed by atoms with Crippen LogP contribution in [-0.4, -0.2) is 55.8 Å². The van der Waals surface area contributed by atoms with Crippen molar-refractivity contribution in [3.63, 3.8) is 0 Å². The normalized spacial score (nSPS) is 12.1. The van der Waals surface area contributed by atoms with Crippen molar-refractivity contribution in [2.45, 2.75) is 32.4 Å². The molecule has 7 nitrogen and oxygen atoms in total. The number of hydrogen-bond donors (Lipinski definition) is 3. The fourth-order valence-corrected chi connectivity index (χ4v) is 1.91. The van der Waals surface area contributed by atoms with Gasteiger partial charge in [-0.15, -0.1) is 0 Å². The van der Waals surface area contributed by atoms with Crippen molar-refractivity contribution in [2.75, 3.05) is 45.2 Å². The predicted molar refractivity (Wildman–Crippen MR) is 95.2 cm³/mol. The number of ether oxygens (including phenoxy) is 1. The zero-order chi connectivity index (χ0) is 19.3. The molecule has 0 amide bonds. The first-order chi connectivity index (χ1) is 12.5. The van der Waals surface area contributed by atoms with Gasteiger partial charge in [0.15, 0.2) is 5.96 Å². The van der Waals surface area contributed by atoms with Crippen LogP contribution in [0.2, 0.25) is 0 Å². The third kappa shape index (κ3) is 9.40. The Kier molecular flexibility index (Phi) is 10.4. The highest BCUT2D eigenvalue weighted by molar-refractivity contribution is 5.79. The van der Waals surface area contributed by atoms with Gasteiger partial charge in [0.25, 0.3) is 0 Å². The number of anilines is 1. The molecule has 0 aliphatic carbocycles. The Morgan fingerprint density at radius 3 is 2.58 bits per heavy atom. The molecule has 0 bridgehead atoms. The number of aromatic nitrogens is 2. The second kappa shape index (κ2) is 12.3. The largest absolute Gasteiger partial charge is 0.433 e. The zero-order valence-corrected chi connectivity index (χ0v) is 15.2. The molecule has 0 saturated heterocycles. The lowest BCUT2D eigenvalue weighted by atomic mass is 10.4. The molecule has 0 unspecified atom stereocenters. The molecule has 1 aromatic rings. The van der Waals surface area contributed by atoms with Gasteiger partial charge in [0.1, 0.15) is 5.69 Å². The summed E-state index contributed by atoms with van der Waals surface area (Å²) in [6.45, 7) is 5.12. The van der Waals surface area contributed by atoms with Crippen LogP contribution in [0.1, 0.15) is 31.9 Å². The second-order valence-corrected chi connectivity index (χ2v) is 5.44. The number of hydrogen-bond acceptors (Lipinski definition) is 5. The molecule has 0 aromatic carbocycles. The lowest BCUT2D eigenvalue weighted by Gasteiger charge is -2.13. The summed E-state index contributed by atoms with van der Waals surface area (Å²) in [5.74, 6) is 0.555. The van der Waals surface area contributed by atoms with Crippen LogP contribution in [0.3, 0.4) is 0 Å². The highest BCUT2D eigenvalue weighted by Crippen LogP contribution is 2.27. The number of halogens is 3. The van der Waals surface area contributed by atoms with Gasteiger partial charge in [0.05, 0.1) is 0 Å². The van der Waals surface area contributed by atoms with Gasteiger partial charge in [-0.1, -0.05) is 13.3 Å². The van der Waals surface area contributed by atoms with E-state index in [1.165, 1.54) is 0 Å². The summed E-state index contributed by atoms with van der Waals surface area (Å²) >= 11 is 0. The predicted octanol–water partition coefficient (Wildman–Crippen LogP) is 2.28. The zero-order valence-electron chi connectivity index (χ0n) is 15.2. The fourth-order valence-electron chi connectivity index (χ4n) is 1.91. The molecule has 0 aliphatic rings. The molecule has 1 heterocycles. The fraction of sp³-hybridized carbons (Fsp3) is 0.688. The monoisotopic (exact) mass is 376 g/mol. The molecule has 0 saturated carbocycles. The van der Waals surface area contributed by atoms with Crippen molar-refractivity contribution in [1.82, 2.24) is 20.6 Å². The van der Waals surface area contributed by atoms with Crippen LogP contribution in [0, 0.1) is 0 Å². The van der Waals surface area contributed by atoms with Crippen LogP contribution in [0.5, 0.6) is 0 Å². The summed E-state index contributed by atoms with van der Waals surface area (Å²) in [4.78, 5) is 11.3. The Bertz CT molecular complexity index is 539. The number of rotatable bonds is 11. The van der Waals surface area contributed by atoms with Crippen molar-refractivity contribution in [2.24, 2.45) is 4.99 Å². The summed E-state index contributed by atoms with van der Waals surface area (Å²) in [6.07, 6.45) is -0.354. The highest BCUT2D eigenvalue weighted by atomic mass is 19.4. The Morgan fingerprint density at radius 2 is 1.88 bits per heavy atom. The summed E-state index contributed by atoms with van der Waals surface area (Å²) in [5.41, 5.74) is -0.971. The Balaban J connectivity index is 2.19. The van der Waals surface area contributed by atoms with Crippen molar-refractivity contribution in [3.05, 3.63) is 18.0 Å². The van der Waals surface area contributed by atoms with E-state index in [4.69, 9.17) is 4.74 Å². The van der Waals surface area contributed by atoms with Crippen LogP contribution in [0.25, 0.3) is 0 Å². The standard InChI is InChI=1S/C16H27F3N6O/c1-3-4-11-26-12-5-7-21-14(20-2)23-9-10-24-15-22-8-6-13(25-15)16(17,18)19/h6,8H,3-5,7,9-12H2,1-2H3,(H2,20,21,23)(H,22,24,25). The molecule has 0 atom stereocenters. The maximum atomic E-state index is 12.6. The Morgan fingerprint density at radius 1 is 1.15 bits per heavy atom. The lowest BCUT2D eigenvalue weighted by Crippen LogP contribution is -2.40. The van der Waals surface area contributed by atoms with Crippen LogP contribution in [0.15, 0.2) is 17.3 Å². The van der Waals surface area contributed by atoms with Crippen molar-refractivity contribution < 1.29 is 17.9 Å². The van der Waals surface area contributed by atoms with Crippen molar-refractivity contribution in [3.8, 4) is 0 Å². The lowest BCUT2D eigenvalue weighted by molar-refractivity contribution is -0.141. The van der Waals surface area contributed by atoms with E-state index in [2.05, 4.69) is 37.8 Å². The SMILES string of the molecule is CCCCOCCCNC(=NC)NCCNc1nccc(C(F)(F)F)n1. The molecule has 10 heteroatoms. The maximum Gasteiger partial charge on any atom is 0.433 e. The van der Waals surface area contributed by atoms with Gasteiger partial charge in [0, 0.05) is 46.1 Å². The number of nitrogens with zero attached hydrogens (tertiary/aromatic N) is 3. The summed E-state index contributed by atoms with van der Waals surface area (Å²) < 4.78 is 43.2. The molecular weight excluding hydrogens is 349 g/mol. The van der Waals surface area contributed by atoms with Gasteiger partial charge in [-0.2, -0.15) is 13.2 Å². The number of guanidine groups is 1. The number of aliphatic imine (C=N–C) groups is 1. The molecule has 26 heavy (non-hydrogen) atoms. The molecule has 148 valence electrons. The van der Waals surface area contributed by atoms with Gasteiger partial charge in [0.2, 0.25) is 5.95 Å². The van der Waals surface area contributed by atoms with Gasteiger partial charge in [-0.25, -0.2) is 9.97 Å². The van der Waals surface area contributed by atoms with Crippen molar-refractivity contribution in [1.29, 1.82) is 0 Å². The summed E-state index contributed by atoms with van der Waals surface area (Å²) in [7, 11) is 1.65. The Hall–Kier alpha value is -2.10. The Labute approximate surface area is 151 Å². The number of unbranched alkanes of at least 4 members (excludes halogenated alkanes) is 1. The molecule has 3 N–H and O–H groups in total. The van der Waals surface area contributed by atoms with Crippen LogP contribution < -0.4 is 16.0 Å². The van der Waals surface area contributed by atoms with E-state index in [-0.39, 0.29) is 5.95 Å². The van der Waals surface area contributed by atoms with E-state index in [0.717, 1.165) is 44.7 Å².